The maximum absolute atomic E-state index is 7.00. The Kier molecular flexibility index (Phi) is 920. The molecule has 0 amide bonds. The normalized spacial score (nSPS) is 2.78. The van der Waals surface area contributed by atoms with E-state index in [0.717, 1.165) is 14.2 Å². The molecule has 0 fully saturated rings. The maximum atomic E-state index is 7.00. The van der Waals surface area contributed by atoms with Gasteiger partial charge in [-0.3, -0.25) is 6.58 Å². The molecule has 0 unspecified atom stereocenters. The molecule has 0 atom stereocenters. The molecule has 2 nitrogen and oxygen atoms in total. The van der Waals surface area contributed by atoms with Gasteiger partial charge in [0.2, 0.25) is 0 Å². The van der Waals surface area contributed by atoms with Crippen molar-refractivity contribution in [3.8, 4) is 0 Å². The van der Waals surface area contributed by atoms with E-state index in [0.29, 0.717) is 0 Å². The minimum absolute atomic E-state index is 0. The quantitative estimate of drug-likeness (QED) is 0.412. The molecular formula is C6H16O2Ti. The van der Waals surface area contributed by atoms with Crippen LogP contribution >= 0.6 is 0 Å². The van der Waals surface area contributed by atoms with Gasteiger partial charge in [-0.05, 0) is 0 Å². The predicted octanol–water partition coefficient (Wildman–Crippen LogP) is 0.660. The molecule has 56 valence electrons. The smallest absolute Gasteiger partial charge is 0.507 e. The largest absolute Gasteiger partial charge is 2.00 e. The van der Waals surface area contributed by atoms with Crippen LogP contribution in [0, 0.1) is 13.5 Å². The first-order valence-electron chi connectivity index (χ1n) is 1.75. The third-order valence-corrected chi connectivity index (χ3v) is 0. The molecule has 0 aliphatic carbocycles. The zero-order valence-corrected chi connectivity index (χ0v) is 8.16. The van der Waals surface area contributed by atoms with Crippen LogP contribution in [0.1, 0.15) is 6.92 Å². The summed E-state index contributed by atoms with van der Waals surface area (Å²) in [4.78, 5) is 0. The van der Waals surface area contributed by atoms with Crippen LogP contribution in [0.2, 0.25) is 0 Å². The van der Waals surface area contributed by atoms with E-state index in [1.54, 1.807) is 6.92 Å². The van der Waals surface area contributed by atoms with Crippen molar-refractivity contribution in [1.82, 2.24) is 0 Å². The molecule has 0 bridgehead atoms. The van der Waals surface area contributed by atoms with E-state index in [9.17, 15) is 0 Å². The average Bonchev–Trinajstić information content (AvgIpc) is 1.78. The van der Waals surface area contributed by atoms with Gasteiger partial charge < -0.3 is 23.7 Å². The van der Waals surface area contributed by atoms with Crippen LogP contribution in [0.25, 0.3) is 0 Å². The number of hydrogen-bond acceptors (Lipinski definition) is 2. The van der Waals surface area contributed by atoms with Crippen molar-refractivity contribution in [2.45, 2.75) is 6.92 Å². The summed E-state index contributed by atoms with van der Waals surface area (Å²) >= 11 is 0. The summed E-state index contributed by atoms with van der Waals surface area (Å²) in [5.74, 6) is 0. The maximum Gasteiger partial charge on any atom is 2.00 e. The topological polar surface area (TPSA) is 40.5 Å². The van der Waals surface area contributed by atoms with Crippen LogP contribution in [-0.2, 0) is 21.7 Å². The Balaban J connectivity index is -0.00000000825. The Morgan fingerprint density at radius 3 is 1.11 bits per heavy atom. The van der Waals surface area contributed by atoms with E-state index in [-0.39, 0.29) is 29.1 Å². The third kappa shape index (κ3) is 2430. The van der Waals surface area contributed by atoms with Crippen LogP contribution in [-0.4, -0.2) is 24.4 Å². The van der Waals surface area contributed by atoms with Gasteiger partial charge >= 0.3 is 21.7 Å². The standard InChI is InChI=1S/C3H5.2CH4O.CH3.Ti/c1-3-2;2*1-2;;/h1H2,2H3;2*2H,1H3;1H3;/q-1;;;-1;+2. The van der Waals surface area contributed by atoms with Crippen molar-refractivity contribution in [2.24, 2.45) is 0 Å². The molecule has 0 saturated carbocycles. The summed E-state index contributed by atoms with van der Waals surface area (Å²) in [6.07, 6.45) is 2.50. The van der Waals surface area contributed by atoms with Crippen LogP contribution < -0.4 is 0 Å². The Morgan fingerprint density at radius 2 is 1.11 bits per heavy atom. The molecule has 0 aliphatic rings. The summed E-state index contributed by atoms with van der Waals surface area (Å²) < 4.78 is 0. The number of allylic oxidation sites excluding steroid dienone is 1. The minimum atomic E-state index is 0. The molecule has 0 spiro atoms. The van der Waals surface area contributed by atoms with Gasteiger partial charge in [0.25, 0.3) is 0 Å². The zero-order chi connectivity index (χ0) is 6.71. The molecule has 0 heterocycles. The molecule has 0 aromatic carbocycles. The minimum Gasteiger partial charge on any atom is -0.507 e. The second-order valence-corrected chi connectivity index (χ2v) is 0.354. The van der Waals surface area contributed by atoms with Crippen molar-refractivity contribution in [3.63, 3.8) is 0 Å². The monoisotopic (exact) mass is 168 g/mol. The van der Waals surface area contributed by atoms with Gasteiger partial charge in [0.1, 0.15) is 0 Å². The van der Waals surface area contributed by atoms with E-state index in [1.165, 1.54) is 0 Å². The van der Waals surface area contributed by atoms with Crippen molar-refractivity contribution in [3.05, 3.63) is 20.1 Å². The molecule has 0 aromatic heterocycles. The van der Waals surface area contributed by atoms with Gasteiger partial charge in [-0.2, -0.15) is 6.92 Å². The molecule has 0 rings (SSSR count). The molecule has 0 aromatic rings. The van der Waals surface area contributed by atoms with Crippen molar-refractivity contribution in [2.75, 3.05) is 14.2 Å². The average molecular weight is 168 g/mol. The second-order valence-electron chi connectivity index (χ2n) is 0.354. The van der Waals surface area contributed by atoms with Crippen molar-refractivity contribution >= 4 is 0 Å². The molecule has 2 N–H and O–H groups in total. The first-order valence-corrected chi connectivity index (χ1v) is 1.75. The van der Waals surface area contributed by atoms with Gasteiger partial charge in [-0.15, -0.1) is 0 Å². The van der Waals surface area contributed by atoms with Crippen LogP contribution in [0.5, 0.6) is 0 Å². The Bertz CT molecular complexity index is 18.5. The van der Waals surface area contributed by atoms with Crippen molar-refractivity contribution < 1.29 is 31.9 Å². The van der Waals surface area contributed by atoms with E-state index < -0.39 is 0 Å². The fourth-order valence-electron chi connectivity index (χ4n) is 0. The summed E-state index contributed by atoms with van der Waals surface area (Å²) in [6, 6.07) is 0. The Hall–Kier alpha value is 0.374. The van der Waals surface area contributed by atoms with E-state index in [1.807, 2.05) is 0 Å². The number of rotatable bonds is 0. The number of aliphatic hydroxyl groups is 2. The molecular weight excluding hydrogens is 152 g/mol. The molecule has 9 heavy (non-hydrogen) atoms. The van der Waals surface area contributed by atoms with E-state index >= 15 is 0 Å². The third-order valence-electron chi connectivity index (χ3n) is 0. The fraction of sp³-hybridized carbons (Fsp3) is 0.500. The molecule has 0 radical (unpaired) electrons. The van der Waals surface area contributed by atoms with Gasteiger partial charge in [0.15, 0.2) is 0 Å². The van der Waals surface area contributed by atoms with Gasteiger partial charge in [-0.25, -0.2) is 0 Å². The van der Waals surface area contributed by atoms with Gasteiger partial charge in [-0.1, -0.05) is 0 Å². The molecule has 0 saturated heterocycles. The first kappa shape index (κ1) is 34.4. The second kappa shape index (κ2) is 241. The first-order chi connectivity index (χ1) is 3.41. The predicted molar refractivity (Wildman–Crippen MR) is 37.2 cm³/mol. The summed E-state index contributed by atoms with van der Waals surface area (Å²) in [6.45, 7) is 5.00. The molecule has 3 heteroatoms. The van der Waals surface area contributed by atoms with E-state index in [4.69, 9.17) is 10.2 Å². The van der Waals surface area contributed by atoms with Crippen LogP contribution in [0.4, 0.5) is 0 Å². The van der Waals surface area contributed by atoms with Crippen molar-refractivity contribution in [1.29, 1.82) is 0 Å². The number of aliphatic hydroxyl groups excluding tert-OH is 2. The fourth-order valence-corrected chi connectivity index (χ4v) is 0. The SMILES string of the molecule is C=[C-]C.CO.CO.[CH3-].[Ti+2]. The van der Waals surface area contributed by atoms with Crippen LogP contribution in [0.15, 0.2) is 6.58 Å². The summed E-state index contributed by atoms with van der Waals surface area (Å²) in [7, 11) is 2.00. The van der Waals surface area contributed by atoms with Crippen LogP contribution in [0.3, 0.4) is 0 Å². The summed E-state index contributed by atoms with van der Waals surface area (Å²) in [5.41, 5.74) is 0. The number of hydrogen-bond donors (Lipinski definition) is 2. The Labute approximate surface area is 73.5 Å². The summed E-state index contributed by atoms with van der Waals surface area (Å²) in [5, 5.41) is 14.0. The van der Waals surface area contributed by atoms with Gasteiger partial charge in [0.05, 0.1) is 0 Å². The van der Waals surface area contributed by atoms with E-state index in [2.05, 4.69) is 12.7 Å². The van der Waals surface area contributed by atoms with Gasteiger partial charge in [0, 0.05) is 14.2 Å². The molecule has 0 aliphatic heterocycles. The zero-order valence-electron chi connectivity index (χ0n) is 6.60. The Morgan fingerprint density at radius 1 is 1.11 bits per heavy atom.